The number of rotatable bonds is 7. The summed E-state index contributed by atoms with van der Waals surface area (Å²) < 4.78 is 4.57. The van der Waals surface area contributed by atoms with Gasteiger partial charge in [-0.2, -0.15) is 0 Å². The molecule has 0 spiro atoms. The number of hydrogen-bond acceptors (Lipinski definition) is 7. The Hall–Kier alpha value is -3.01. The van der Waals surface area contributed by atoms with Crippen LogP contribution in [0.25, 0.3) is 0 Å². The highest BCUT2D eigenvalue weighted by Gasteiger charge is 2.35. The van der Waals surface area contributed by atoms with Gasteiger partial charge in [-0.15, -0.1) is 0 Å². The minimum Gasteiger partial charge on any atom is -0.481 e. The summed E-state index contributed by atoms with van der Waals surface area (Å²) in [5, 5.41) is 20.2. The van der Waals surface area contributed by atoms with Gasteiger partial charge in [0.05, 0.1) is 24.5 Å². The molecule has 0 saturated heterocycles. The summed E-state index contributed by atoms with van der Waals surface area (Å²) in [7, 11) is 1.23. The maximum absolute atomic E-state index is 12.5. The van der Waals surface area contributed by atoms with Crippen LogP contribution in [-0.2, 0) is 32.0 Å². The van der Waals surface area contributed by atoms with Gasteiger partial charge in [-0.1, -0.05) is 6.07 Å². The van der Waals surface area contributed by atoms with Crippen LogP contribution in [0, 0.1) is 10.1 Å². The average molecular weight is 365 g/mol. The van der Waals surface area contributed by atoms with Crippen LogP contribution in [0.4, 0.5) is 11.4 Å². The molecule has 0 fully saturated rings. The lowest BCUT2D eigenvalue weighted by molar-refractivity contribution is -0.384. The molecule has 1 aromatic rings. The van der Waals surface area contributed by atoms with Gasteiger partial charge in [0.25, 0.3) is 5.69 Å². The van der Waals surface area contributed by atoms with E-state index in [-0.39, 0.29) is 37.2 Å². The summed E-state index contributed by atoms with van der Waals surface area (Å²) in [5.41, 5.74) is 6.60. The van der Waals surface area contributed by atoms with Crippen molar-refractivity contribution < 1.29 is 29.2 Å². The number of nitrogens with zero attached hydrogens (tertiary/aromatic N) is 2. The first kappa shape index (κ1) is 19.3. The minimum absolute atomic E-state index is 0.0613. The lowest BCUT2D eigenvalue weighted by atomic mass is 10.0. The van der Waals surface area contributed by atoms with Gasteiger partial charge in [0, 0.05) is 19.0 Å². The molecule has 26 heavy (non-hydrogen) atoms. The third kappa shape index (κ3) is 4.14. The molecular formula is C16H19N3O7. The topological polar surface area (TPSA) is 153 Å². The van der Waals surface area contributed by atoms with E-state index in [9.17, 15) is 24.5 Å². The van der Waals surface area contributed by atoms with E-state index in [0.29, 0.717) is 17.5 Å². The summed E-state index contributed by atoms with van der Waals surface area (Å²) >= 11 is 0. The number of aliphatic carboxylic acids is 1. The molecule has 0 aromatic heterocycles. The van der Waals surface area contributed by atoms with Crippen LogP contribution >= 0.6 is 0 Å². The second-order valence-electron chi connectivity index (χ2n) is 5.91. The molecule has 0 aliphatic carbocycles. The smallest absolute Gasteiger partial charge is 0.309 e. The van der Waals surface area contributed by atoms with Gasteiger partial charge in [0.15, 0.2) is 0 Å². The number of esters is 1. The zero-order chi connectivity index (χ0) is 19.4. The highest BCUT2D eigenvalue weighted by atomic mass is 16.6. The molecule has 1 aromatic carbocycles. The van der Waals surface area contributed by atoms with E-state index in [2.05, 4.69) is 4.74 Å². The lowest BCUT2D eigenvalue weighted by Gasteiger charge is -2.21. The van der Waals surface area contributed by atoms with Gasteiger partial charge in [0.2, 0.25) is 5.91 Å². The van der Waals surface area contributed by atoms with Crippen LogP contribution in [-0.4, -0.2) is 47.6 Å². The standard InChI is InChI=1S/C16H19N3O7/c1-26-14(22)8-9-6-10-4-5-18(15(10)12(7-9)19(24)25)16(23)11(17)2-3-13(20)21/h6-7,11H,2-5,8,17H2,1H3,(H,20,21)/t11-/m0/s1. The number of fused-ring (bicyclic) bond motifs is 1. The number of methoxy groups -OCH3 is 1. The van der Waals surface area contributed by atoms with Crippen molar-refractivity contribution in [1.82, 2.24) is 0 Å². The van der Waals surface area contributed by atoms with Gasteiger partial charge in [-0.25, -0.2) is 0 Å². The number of carboxylic acids is 1. The van der Waals surface area contributed by atoms with E-state index in [0.717, 1.165) is 0 Å². The molecule has 140 valence electrons. The summed E-state index contributed by atoms with van der Waals surface area (Å²) in [6, 6.07) is 1.81. The molecule has 10 nitrogen and oxygen atoms in total. The summed E-state index contributed by atoms with van der Waals surface area (Å²) in [4.78, 5) is 46.6. The van der Waals surface area contributed by atoms with Crippen LogP contribution in [0.1, 0.15) is 24.0 Å². The Balaban J connectivity index is 2.33. The number of nitro groups is 1. The molecule has 2 rings (SSSR count). The number of anilines is 1. The Labute approximate surface area is 148 Å². The summed E-state index contributed by atoms with van der Waals surface area (Å²) in [6.07, 6.45) is -0.0682. The average Bonchev–Trinajstić information content (AvgIpc) is 3.01. The number of ether oxygens (including phenoxy) is 1. The fourth-order valence-corrected chi connectivity index (χ4v) is 2.89. The second-order valence-corrected chi connectivity index (χ2v) is 5.91. The maximum Gasteiger partial charge on any atom is 0.309 e. The summed E-state index contributed by atoms with van der Waals surface area (Å²) in [5.74, 6) is -2.16. The van der Waals surface area contributed by atoms with Crippen LogP contribution in [0.15, 0.2) is 12.1 Å². The van der Waals surface area contributed by atoms with Crippen molar-refractivity contribution in [2.24, 2.45) is 5.73 Å². The molecule has 1 heterocycles. The zero-order valence-electron chi connectivity index (χ0n) is 14.1. The van der Waals surface area contributed by atoms with Gasteiger partial charge < -0.3 is 20.5 Å². The first-order chi connectivity index (χ1) is 12.2. The largest absolute Gasteiger partial charge is 0.481 e. The third-order valence-corrected chi connectivity index (χ3v) is 4.13. The lowest BCUT2D eigenvalue weighted by Crippen LogP contribution is -2.43. The van der Waals surface area contributed by atoms with Crippen molar-refractivity contribution in [1.29, 1.82) is 0 Å². The summed E-state index contributed by atoms with van der Waals surface area (Å²) in [6.45, 7) is 0.206. The highest BCUT2D eigenvalue weighted by molar-refractivity contribution is 6.01. The van der Waals surface area contributed by atoms with Crippen molar-refractivity contribution in [3.8, 4) is 0 Å². The van der Waals surface area contributed by atoms with Crippen LogP contribution in [0.2, 0.25) is 0 Å². The number of nitrogens with two attached hydrogens (primary N) is 1. The number of carbonyl (C=O) groups is 3. The molecule has 0 bridgehead atoms. The zero-order valence-corrected chi connectivity index (χ0v) is 14.1. The quantitative estimate of drug-likeness (QED) is 0.400. The Bertz CT molecular complexity index is 762. The SMILES string of the molecule is COC(=O)Cc1cc2c(c([N+](=O)[O-])c1)N(C(=O)[C@@H](N)CCC(=O)O)CC2. The van der Waals surface area contributed by atoms with E-state index in [1.165, 1.54) is 18.1 Å². The molecular weight excluding hydrogens is 346 g/mol. The van der Waals surface area contributed by atoms with E-state index in [4.69, 9.17) is 10.8 Å². The monoisotopic (exact) mass is 365 g/mol. The number of carboxylic acid groups (broad SMARTS) is 1. The number of benzene rings is 1. The number of carbonyl (C=O) groups excluding carboxylic acids is 2. The van der Waals surface area contributed by atoms with Crippen molar-refractivity contribution in [3.05, 3.63) is 33.4 Å². The van der Waals surface area contributed by atoms with Gasteiger partial charge in [0.1, 0.15) is 5.69 Å². The fraction of sp³-hybridized carbons (Fsp3) is 0.438. The number of hydrogen-bond donors (Lipinski definition) is 2. The predicted octanol–water partition coefficient (Wildman–Crippen LogP) is 0.391. The van der Waals surface area contributed by atoms with E-state index in [1.54, 1.807) is 6.07 Å². The normalized spacial score (nSPS) is 13.8. The third-order valence-electron chi connectivity index (χ3n) is 4.13. The fourth-order valence-electron chi connectivity index (χ4n) is 2.89. The van der Waals surface area contributed by atoms with E-state index >= 15 is 0 Å². The Morgan fingerprint density at radius 3 is 2.69 bits per heavy atom. The second kappa shape index (κ2) is 7.91. The molecule has 0 radical (unpaired) electrons. The molecule has 10 heteroatoms. The molecule has 1 aliphatic rings. The molecule has 1 atom stereocenters. The predicted molar refractivity (Wildman–Crippen MR) is 89.7 cm³/mol. The van der Waals surface area contributed by atoms with Crippen molar-refractivity contribution in [3.63, 3.8) is 0 Å². The maximum atomic E-state index is 12.5. The van der Waals surface area contributed by atoms with Crippen LogP contribution in [0.3, 0.4) is 0 Å². The Morgan fingerprint density at radius 2 is 2.12 bits per heavy atom. The Kier molecular flexibility index (Phi) is 5.88. The van der Waals surface area contributed by atoms with Crippen LogP contribution < -0.4 is 10.6 Å². The first-order valence-electron chi connectivity index (χ1n) is 7.90. The minimum atomic E-state index is -1.08. The molecule has 0 unspecified atom stereocenters. The van der Waals surface area contributed by atoms with Gasteiger partial charge in [-0.05, 0) is 24.0 Å². The number of amides is 1. The van der Waals surface area contributed by atoms with E-state index < -0.39 is 28.8 Å². The van der Waals surface area contributed by atoms with Crippen molar-refractivity contribution in [2.45, 2.75) is 31.7 Å². The van der Waals surface area contributed by atoms with E-state index in [1.807, 2.05) is 0 Å². The number of nitro benzene ring substituents is 1. The van der Waals surface area contributed by atoms with Crippen LogP contribution in [0.5, 0.6) is 0 Å². The highest BCUT2D eigenvalue weighted by Crippen LogP contribution is 2.38. The Morgan fingerprint density at radius 1 is 1.42 bits per heavy atom. The molecule has 1 amide bonds. The van der Waals surface area contributed by atoms with Gasteiger partial charge in [-0.3, -0.25) is 24.5 Å². The molecule has 1 aliphatic heterocycles. The molecule has 3 N–H and O–H groups in total. The van der Waals surface area contributed by atoms with Gasteiger partial charge >= 0.3 is 11.9 Å². The van der Waals surface area contributed by atoms with Crippen molar-refractivity contribution in [2.75, 3.05) is 18.6 Å². The first-order valence-corrected chi connectivity index (χ1v) is 7.90. The van der Waals surface area contributed by atoms with Crippen molar-refractivity contribution >= 4 is 29.2 Å². The molecule has 0 saturated carbocycles.